The van der Waals surface area contributed by atoms with E-state index in [1.807, 2.05) is 6.92 Å². The van der Waals surface area contributed by atoms with Crippen molar-refractivity contribution in [2.45, 2.75) is 39.2 Å². The van der Waals surface area contributed by atoms with E-state index < -0.39 is 18.9 Å². The Hall–Kier alpha value is -0.610. The van der Waals surface area contributed by atoms with E-state index in [4.69, 9.17) is 10.2 Å². The molecule has 0 aromatic rings. The van der Waals surface area contributed by atoms with E-state index in [2.05, 4.69) is 11.7 Å². The molecule has 13 heavy (non-hydrogen) atoms. The molecule has 0 saturated heterocycles. The number of carbonyl (C=O) groups is 1. The average molecular weight is 190 g/mol. The summed E-state index contributed by atoms with van der Waals surface area (Å²) in [7, 11) is 0. The third-order valence-electron chi connectivity index (χ3n) is 1.95. The van der Waals surface area contributed by atoms with Crippen LogP contribution < -0.4 is 0 Å². The number of carboxylic acids is 1. The lowest BCUT2D eigenvalue weighted by Gasteiger charge is -2.16. The van der Waals surface area contributed by atoms with Crippen LogP contribution in [-0.4, -0.2) is 29.1 Å². The molecular formula is C9H18O4. The van der Waals surface area contributed by atoms with E-state index in [-0.39, 0.29) is 0 Å². The van der Waals surface area contributed by atoms with Crippen molar-refractivity contribution >= 4 is 5.97 Å². The second-order valence-electron chi connectivity index (χ2n) is 3.25. The molecule has 0 amide bonds. The normalized spacial score (nSPS) is 15.3. The maximum atomic E-state index is 10.6. The van der Waals surface area contributed by atoms with Crippen molar-refractivity contribution in [1.29, 1.82) is 0 Å². The van der Waals surface area contributed by atoms with Crippen LogP contribution in [0.5, 0.6) is 0 Å². The van der Waals surface area contributed by atoms with Gasteiger partial charge in [-0.05, 0) is 12.3 Å². The first-order chi connectivity index (χ1) is 6.11. The highest BCUT2D eigenvalue weighted by Gasteiger charge is 2.20. The van der Waals surface area contributed by atoms with Gasteiger partial charge < -0.3 is 14.9 Å². The topological polar surface area (TPSA) is 66.8 Å². The summed E-state index contributed by atoms with van der Waals surface area (Å²) in [4.78, 5) is 10.6. The van der Waals surface area contributed by atoms with Gasteiger partial charge in [0.1, 0.15) is 6.79 Å². The number of rotatable bonds is 7. The minimum Gasteiger partial charge on any atom is -0.479 e. The van der Waals surface area contributed by atoms with E-state index >= 15 is 0 Å². The summed E-state index contributed by atoms with van der Waals surface area (Å²) in [5, 5.41) is 17.1. The van der Waals surface area contributed by atoms with Crippen molar-refractivity contribution in [3.05, 3.63) is 0 Å². The molecule has 0 aliphatic heterocycles. The molecule has 2 atom stereocenters. The predicted molar refractivity (Wildman–Crippen MR) is 48.3 cm³/mol. The van der Waals surface area contributed by atoms with Crippen LogP contribution in [0.2, 0.25) is 0 Å². The van der Waals surface area contributed by atoms with E-state index in [1.165, 1.54) is 0 Å². The number of hydrogen-bond donors (Lipinski definition) is 2. The highest BCUT2D eigenvalue weighted by Crippen LogP contribution is 2.14. The standard InChI is InChI=1S/C9H18O4/c1-3-4-7(2)5-8(9(11)12)13-6-10/h7-8,10H,3-6H2,1-2H3,(H,11,12). The lowest BCUT2D eigenvalue weighted by molar-refractivity contribution is -0.158. The molecule has 0 aliphatic carbocycles. The fraction of sp³-hybridized carbons (Fsp3) is 0.889. The van der Waals surface area contributed by atoms with Crippen LogP contribution in [0.3, 0.4) is 0 Å². The number of hydrogen-bond acceptors (Lipinski definition) is 3. The highest BCUT2D eigenvalue weighted by molar-refractivity contribution is 5.72. The molecule has 4 nitrogen and oxygen atoms in total. The summed E-state index contributed by atoms with van der Waals surface area (Å²) in [6.45, 7) is 3.51. The summed E-state index contributed by atoms with van der Waals surface area (Å²) in [5.41, 5.74) is 0. The number of aliphatic carboxylic acids is 1. The average Bonchev–Trinajstić information content (AvgIpc) is 2.04. The number of aliphatic hydroxyl groups is 1. The molecular weight excluding hydrogens is 172 g/mol. The fourth-order valence-corrected chi connectivity index (χ4v) is 1.31. The Morgan fingerprint density at radius 1 is 1.54 bits per heavy atom. The van der Waals surface area contributed by atoms with Crippen molar-refractivity contribution in [3.63, 3.8) is 0 Å². The van der Waals surface area contributed by atoms with Gasteiger partial charge in [-0.3, -0.25) is 0 Å². The van der Waals surface area contributed by atoms with Crippen molar-refractivity contribution in [2.75, 3.05) is 6.79 Å². The molecule has 0 saturated carbocycles. The van der Waals surface area contributed by atoms with Gasteiger partial charge in [0.25, 0.3) is 0 Å². The van der Waals surface area contributed by atoms with Crippen LogP contribution in [0, 0.1) is 5.92 Å². The van der Waals surface area contributed by atoms with Gasteiger partial charge in [0, 0.05) is 0 Å². The molecule has 0 bridgehead atoms. The van der Waals surface area contributed by atoms with Crippen LogP contribution in [0.25, 0.3) is 0 Å². The monoisotopic (exact) mass is 190 g/mol. The third-order valence-corrected chi connectivity index (χ3v) is 1.95. The summed E-state index contributed by atoms with van der Waals surface area (Å²) >= 11 is 0. The van der Waals surface area contributed by atoms with Gasteiger partial charge in [-0.25, -0.2) is 4.79 Å². The molecule has 0 aromatic heterocycles. The molecule has 2 unspecified atom stereocenters. The first kappa shape index (κ1) is 12.4. The quantitative estimate of drug-likeness (QED) is 0.592. The fourth-order valence-electron chi connectivity index (χ4n) is 1.31. The van der Waals surface area contributed by atoms with Gasteiger partial charge in [0.2, 0.25) is 0 Å². The predicted octanol–water partition coefficient (Wildman–Crippen LogP) is 1.23. The van der Waals surface area contributed by atoms with Crippen molar-refractivity contribution in [1.82, 2.24) is 0 Å². The van der Waals surface area contributed by atoms with Crippen LogP contribution in [-0.2, 0) is 9.53 Å². The number of aliphatic hydroxyl groups excluding tert-OH is 1. The summed E-state index contributed by atoms with van der Waals surface area (Å²) in [6.07, 6.45) is 1.61. The molecule has 0 fully saturated rings. The maximum Gasteiger partial charge on any atom is 0.332 e. The molecule has 0 aliphatic rings. The number of carboxylic acid groups (broad SMARTS) is 1. The first-order valence-electron chi connectivity index (χ1n) is 4.57. The summed E-state index contributed by atoms with van der Waals surface area (Å²) < 4.78 is 4.68. The van der Waals surface area contributed by atoms with E-state index in [0.29, 0.717) is 12.3 Å². The maximum absolute atomic E-state index is 10.6. The largest absolute Gasteiger partial charge is 0.479 e. The zero-order valence-corrected chi connectivity index (χ0v) is 8.19. The van der Waals surface area contributed by atoms with Crippen molar-refractivity contribution in [3.8, 4) is 0 Å². The Morgan fingerprint density at radius 2 is 2.15 bits per heavy atom. The zero-order chi connectivity index (χ0) is 10.3. The van der Waals surface area contributed by atoms with Crippen LogP contribution in [0.1, 0.15) is 33.1 Å². The van der Waals surface area contributed by atoms with Gasteiger partial charge in [0.05, 0.1) is 0 Å². The zero-order valence-electron chi connectivity index (χ0n) is 8.19. The molecule has 78 valence electrons. The lowest BCUT2D eigenvalue weighted by atomic mass is 9.99. The van der Waals surface area contributed by atoms with Crippen molar-refractivity contribution < 1.29 is 19.7 Å². The Bertz CT molecular complexity index is 147. The van der Waals surface area contributed by atoms with E-state index in [0.717, 1.165) is 12.8 Å². The smallest absolute Gasteiger partial charge is 0.332 e. The Labute approximate surface area is 78.5 Å². The van der Waals surface area contributed by atoms with E-state index in [1.54, 1.807) is 0 Å². The van der Waals surface area contributed by atoms with Gasteiger partial charge in [0.15, 0.2) is 6.10 Å². The number of ether oxygens (including phenoxy) is 1. The lowest BCUT2D eigenvalue weighted by Crippen LogP contribution is -2.26. The van der Waals surface area contributed by atoms with Gasteiger partial charge >= 0.3 is 5.97 Å². The van der Waals surface area contributed by atoms with Crippen LogP contribution in [0.15, 0.2) is 0 Å². The molecule has 0 heterocycles. The molecule has 0 rings (SSSR count). The molecule has 2 N–H and O–H groups in total. The summed E-state index contributed by atoms with van der Waals surface area (Å²) in [6, 6.07) is 0. The minimum atomic E-state index is -1.00. The van der Waals surface area contributed by atoms with Crippen LogP contribution in [0.4, 0.5) is 0 Å². The molecule has 0 radical (unpaired) electrons. The minimum absolute atomic E-state index is 0.317. The second-order valence-corrected chi connectivity index (χ2v) is 3.25. The summed E-state index contributed by atoms with van der Waals surface area (Å²) in [5.74, 6) is -0.686. The Balaban J connectivity index is 3.86. The highest BCUT2D eigenvalue weighted by atomic mass is 16.6. The third kappa shape index (κ3) is 5.60. The Kier molecular flexibility index (Phi) is 6.54. The van der Waals surface area contributed by atoms with E-state index in [9.17, 15) is 4.79 Å². The van der Waals surface area contributed by atoms with Crippen LogP contribution >= 0.6 is 0 Å². The van der Waals surface area contributed by atoms with Crippen molar-refractivity contribution in [2.24, 2.45) is 5.92 Å². The SMILES string of the molecule is CCCC(C)CC(OCO)C(=O)O. The Morgan fingerprint density at radius 3 is 2.54 bits per heavy atom. The first-order valence-corrected chi connectivity index (χ1v) is 4.57. The van der Waals surface area contributed by atoms with Gasteiger partial charge in [-0.15, -0.1) is 0 Å². The molecule has 0 spiro atoms. The molecule has 0 aromatic carbocycles. The molecule has 4 heteroatoms. The second kappa shape index (κ2) is 6.86. The van der Waals surface area contributed by atoms with Gasteiger partial charge in [-0.2, -0.15) is 0 Å². The van der Waals surface area contributed by atoms with Gasteiger partial charge in [-0.1, -0.05) is 26.7 Å².